The fourth-order valence-corrected chi connectivity index (χ4v) is 3.85. The molecule has 3 rings (SSSR count). The molecule has 7 heteroatoms. The van der Waals surface area contributed by atoms with Gasteiger partial charge in [-0.2, -0.15) is 0 Å². The van der Waals surface area contributed by atoms with Crippen LogP contribution in [0.3, 0.4) is 0 Å². The predicted octanol–water partition coefficient (Wildman–Crippen LogP) is 3.69. The van der Waals surface area contributed by atoms with Gasteiger partial charge < -0.3 is 10.2 Å². The van der Waals surface area contributed by atoms with Gasteiger partial charge in [0.2, 0.25) is 0 Å². The van der Waals surface area contributed by atoms with E-state index >= 15 is 0 Å². The molecular formula is C18H23ClN4OS. The second-order valence-corrected chi connectivity index (χ2v) is 7.85. The number of rotatable bonds is 4. The Morgan fingerprint density at radius 3 is 2.76 bits per heavy atom. The van der Waals surface area contributed by atoms with Crippen molar-refractivity contribution in [3.8, 4) is 0 Å². The summed E-state index contributed by atoms with van der Waals surface area (Å²) < 4.78 is 0. The molecule has 1 N–H and O–H groups in total. The van der Waals surface area contributed by atoms with Gasteiger partial charge in [0, 0.05) is 43.1 Å². The Morgan fingerprint density at radius 2 is 2.12 bits per heavy atom. The summed E-state index contributed by atoms with van der Waals surface area (Å²) in [6, 6.07) is 7.87. The topological polar surface area (TPSA) is 48.5 Å². The number of nitrogens with one attached hydrogen (secondary N) is 1. The Kier molecular flexibility index (Phi) is 5.93. The Bertz CT molecular complexity index is 727. The van der Waals surface area contributed by atoms with Crippen LogP contribution in [0.2, 0.25) is 5.02 Å². The van der Waals surface area contributed by atoms with Crippen molar-refractivity contribution in [2.24, 2.45) is 0 Å². The van der Waals surface area contributed by atoms with E-state index in [9.17, 15) is 4.79 Å². The van der Waals surface area contributed by atoms with Crippen LogP contribution in [-0.2, 0) is 6.54 Å². The number of hydrogen-bond acceptors (Lipinski definition) is 4. The van der Waals surface area contributed by atoms with Crippen molar-refractivity contribution in [2.75, 3.05) is 26.2 Å². The normalized spacial score (nSPS) is 16.7. The summed E-state index contributed by atoms with van der Waals surface area (Å²) in [5, 5.41) is 6.83. The summed E-state index contributed by atoms with van der Waals surface area (Å²) in [6.07, 6.45) is 0. The highest BCUT2D eigenvalue weighted by atomic mass is 35.5. The quantitative estimate of drug-likeness (QED) is 0.882. The predicted molar refractivity (Wildman–Crippen MR) is 102 cm³/mol. The number of piperazine rings is 1. The SMILES string of the molecule is Cc1nc([C@H](C)NC(=O)N2CCN(Cc3cccc(Cl)c3)CC2)cs1. The van der Waals surface area contributed by atoms with Crippen molar-refractivity contribution in [3.05, 3.63) is 50.9 Å². The molecule has 0 unspecified atom stereocenters. The van der Waals surface area contributed by atoms with Gasteiger partial charge >= 0.3 is 6.03 Å². The standard InChI is InChI=1S/C18H23ClN4OS/c1-13(17-12-25-14(2)21-17)20-18(24)23-8-6-22(7-9-23)11-15-4-3-5-16(19)10-15/h3-5,10,12-13H,6-9,11H2,1-2H3,(H,20,24)/t13-/m0/s1. The minimum Gasteiger partial charge on any atom is -0.330 e. The first-order chi connectivity index (χ1) is 12.0. The first kappa shape index (κ1) is 18.2. The van der Waals surface area contributed by atoms with Crippen molar-refractivity contribution in [3.63, 3.8) is 0 Å². The Balaban J connectivity index is 1.47. The van der Waals surface area contributed by atoms with Crippen LogP contribution in [0.5, 0.6) is 0 Å². The zero-order valence-electron chi connectivity index (χ0n) is 14.5. The molecule has 0 spiro atoms. The van der Waals surface area contributed by atoms with E-state index in [4.69, 9.17) is 11.6 Å². The average Bonchev–Trinajstić information content (AvgIpc) is 3.02. The number of hydrogen-bond donors (Lipinski definition) is 1. The number of nitrogens with zero attached hydrogens (tertiary/aromatic N) is 3. The summed E-state index contributed by atoms with van der Waals surface area (Å²) in [5.41, 5.74) is 2.13. The van der Waals surface area contributed by atoms with Crippen LogP contribution in [0.25, 0.3) is 0 Å². The molecule has 1 fully saturated rings. The van der Waals surface area contributed by atoms with E-state index in [2.05, 4.69) is 21.3 Å². The molecule has 1 atom stereocenters. The van der Waals surface area contributed by atoms with Gasteiger partial charge in [-0.3, -0.25) is 4.90 Å². The van der Waals surface area contributed by atoms with Gasteiger partial charge in [-0.15, -0.1) is 11.3 Å². The minimum absolute atomic E-state index is 0.0134. The number of aryl methyl sites for hydroxylation is 1. The lowest BCUT2D eigenvalue weighted by molar-refractivity contribution is 0.133. The third-order valence-electron chi connectivity index (χ3n) is 4.38. The van der Waals surface area contributed by atoms with Crippen LogP contribution < -0.4 is 5.32 Å². The Morgan fingerprint density at radius 1 is 1.36 bits per heavy atom. The third kappa shape index (κ3) is 4.93. The van der Waals surface area contributed by atoms with Crippen LogP contribution in [0.4, 0.5) is 4.79 Å². The zero-order valence-corrected chi connectivity index (χ0v) is 16.1. The number of urea groups is 1. The van der Waals surface area contributed by atoms with Gasteiger partial charge in [0.1, 0.15) is 0 Å². The molecule has 1 aliphatic heterocycles. The van der Waals surface area contributed by atoms with Crippen LogP contribution in [0.15, 0.2) is 29.6 Å². The molecule has 25 heavy (non-hydrogen) atoms. The molecule has 1 saturated heterocycles. The highest BCUT2D eigenvalue weighted by molar-refractivity contribution is 7.09. The molecule has 1 aromatic carbocycles. The number of carbonyl (C=O) groups excluding carboxylic acids is 1. The average molecular weight is 379 g/mol. The van der Waals surface area contributed by atoms with Crippen LogP contribution >= 0.6 is 22.9 Å². The summed E-state index contributed by atoms with van der Waals surface area (Å²) in [4.78, 5) is 21.1. The van der Waals surface area contributed by atoms with Crippen LogP contribution in [-0.4, -0.2) is 47.0 Å². The van der Waals surface area contributed by atoms with E-state index in [0.717, 1.165) is 48.4 Å². The van der Waals surface area contributed by atoms with E-state index in [0.29, 0.717) is 0 Å². The van der Waals surface area contributed by atoms with Crippen molar-refractivity contribution >= 4 is 29.0 Å². The minimum atomic E-state index is -0.0676. The molecular weight excluding hydrogens is 356 g/mol. The van der Waals surface area contributed by atoms with E-state index in [1.807, 2.05) is 42.3 Å². The first-order valence-corrected chi connectivity index (χ1v) is 9.71. The molecule has 134 valence electrons. The number of amides is 2. The number of thiazole rings is 1. The van der Waals surface area contributed by atoms with Gasteiger partial charge in [-0.05, 0) is 31.5 Å². The molecule has 2 aromatic rings. The summed E-state index contributed by atoms with van der Waals surface area (Å²) >= 11 is 7.65. The molecule has 0 bridgehead atoms. The molecule has 2 heterocycles. The van der Waals surface area contributed by atoms with Crippen molar-refractivity contribution in [1.82, 2.24) is 20.1 Å². The maximum Gasteiger partial charge on any atom is 0.318 e. The number of aromatic nitrogens is 1. The van der Waals surface area contributed by atoms with E-state index in [-0.39, 0.29) is 12.1 Å². The maximum absolute atomic E-state index is 12.5. The fraction of sp³-hybridized carbons (Fsp3) is 0.444. The van der Waals surface area contributed by atoms with Crippen molar-refractivity contribution in [1.29, 1.82) is 0 Å². The number of benzene rings is 1. The van der Waals surface area contributed by atoms with Gasteiger partial charge in [0.25, 0.3) is 0 Å². The molecule has 0 aliphatic carbocycles. The molecule has 1 aromatic heterocycles. The zero-order chi connectivity index (χ0) is 17.8. The highest BCUT2D eigenvalue weighted by Gasteiger charge is 2.23. The molecule has 2 amide bonds. The van der Waals surface area contributed by atoms with Crippen molar-refractivity contribution in [2.45, 2.75) is 26.4 Å². The second-order valence-electron chi connectivity index (χ2n) is 6.36. The molecule has 0 saturated carbocycles. The molecule has 5 nitrogen and oxygen atoms in total. The monoisotopic (exact) mass is 378 g/mol. The fourth-order valence-electron chi connectivity index (χ4n) is 2.93. The third-order valence-corrected chi connectivity index (χ3v) is 5.40. The largest absolute Gasteiger partial charge is 0.330 e. The Labute approximate surface area is 157 Å². The van der Waals surface area contributed by atoms with Gasteiger partial charge in [0.15, 0.2) is 0 Å². The van der Waals surface area contributed by atoms with Crippen molar-refractivity contribution < 1.29 is 4.79 Å². The van der Waals surface area contributed by atoms with E-state index in [1.165, 1.54) is 5.56 Å². The summed E-state index contributed by atoms with van der Waals surface area (Å²) in [5.74, 6) is 0. The second kappa shape index (κ2) is 8.17. The van der Waals surface area contributed by atoms with Gasteiger partial charge in [-0.1, -0.05) is 23.7 Å². The van der Waals surface area contributed by atoms with Gasteiger partial charge in [0.05, 0.1) is 16.7 Å². The summed E-state index contributed by atoms with van der Waals surface area (Å²) in [6.45, 7) is 8.01. The maximum atomic E-state index is 12.5. The van der Waals surface area contributed by atoms with E-state index in [1.54, 1.807) is 11.3 Å². The summed E-state index contributed by atoms with van der Waals surface area (Å²) in [7, 11) is 0. The Hall–Kier alpha value is -1.63. The first-order valence-electron chi connectivity index (χ1n) is 8.45. The number of carbonyl (C=O) groups is 1. The lowest BCUT2D eigenvalue weighted by atomic mass is 10.2. The molecule has 0 radical (unpaired) electrons. The van der Waals surface area contributed by atoms with Crippen LogP contribution in [0.1, 0.15) is 29.2 Å². The smallest absolute Gasteiger partial charge is 0.318 e. The molecule has 1 aliphatic rings. The lowest BCUT2D eigenvalue weighted by Crippen LogP contribution is -2.51. The highest BCUT2D eigenvalue weighted by Crippen LogP contribution is 2.17. The van der Waals surface area contributed by atoms with Gasteiger partial charge in [-0.25, -0.2) is 9.78 Å². The van der Waals surface area contributed by atoms with Crippen LogP contribution in [0, 0.1) is 6.92 Å². The number of halogens is 1. The van der Waals surface area contributed by atoms with E-state index < -0.39 is 0 Å². The lowest BCUT2D eigenvalue weighted by Gasteiger charge is -2.35.